The highest BCUT2D eigenvalue weighted by molar-refractivity contribution is 9.10. The minimum absolute atomic E-state index is 0.261. The van der Waals surface area contributed by atoms with Gasteiger partial charge in [0, 0.05) is 15.7 Å². The van der Waals surface area contributed by atoms with Gasteiger partial charge in [-0.3, -0.25) is 4.79 Å². The molecular formula is C15H14BrClN2O2. The zero-order valence-electron chi connectivity index (χ0n) is 11.3. The number of carbonyl (C=O) groups is 1. The van der Waals surface area contributed by atoms with Crippen LogP contribution in [-0.4, -0.2) is 12.5 Å². The molecule has 6 heteroatoms. The number of halogens is 2. The number of amides is 1. The Morgan fingerprint density at radius 2 is 2.10 bits per heavy atom. The molecule has 110 valence electrons. The molecule has 0 aliphatic rings. The first-order valence-corrected chi connectivity index (χ1v) is 7.47. The number of nitrogen functional groups attached to an aromatic ring is 1. The van der Waals surface area contributed by atoms with E-state index in [1.54, 1.807) is 36.4 Å². The normalized spacial score (nSPS) is 10.2. The molecule has 0 spiro atoms. The maximum atomic E-state index is 12.2. The van der Waals surface area contributed by atoms with Crippen LogP contribution >= 0.6 is 27.5 Å². The highest BCUT2D eigenvalue weighted by Gasteiger charge is 2.10. The minimum atomic E-state index is -0.261. The van der Waals surface area contributed by atoms with Crippen molar-refractivity contribution in [2.75, 3.05) is 17.7 Å². The molecule has 3 N–H and O–H groups in total. The van der Waals surface area contributed by atoms with E-state index in [1.807, 2.05) is 6.92 Å². The molecule has 0 fully saturated rings. The molecule has 0 saturated heterocycles. The fourth-order valence-corrected chi connectivity index (χ4v) is 2.18. The molecule has 0 saturated carbocycles. The molecule has 2 aromatic carbocycles. The Balaban J connectivity index is 2.16. The number of benzene rings is 2. The molecule has 4 nitrogen and oxygen atoms in total. The van der Waals surface area contributed by atoms with Gasteiger partial charge in [-0.15, -0.1) is 0 Å². The first-order valence-electron chi connectivity index (χ1n) is 6.30. The number of hydrogen-bond donors (Lipinski definition) is 2. The van der Waals surface area contributed by atoms with E-state index in [0.717, 1.165) is 4.47 Å². The van der Waals surface area contributed by atoms with E-state index in [2.05, 4.69) is 21.2 Å². The second-order valence-corrected chi connectivity index (χ2v) is 5.53. The third kappa shape index (κ3) is 3.89. The first kappa shape index (κ1) is 15.7. The topological polar surface area (TPSA) is 64.3 Å². The fourth-order valence-electron chi connectivity index (χ4n) is 1.75. The minimum Gasteiger partial charge on any atom is -0.492 e. The maximum Gasteiger partial charge on any atom is 0.255 e. The van der Waals surface area contributed by atoms with Gasteiger partial charge in [0.1, 0.15) is 5.75 Å². The van der Waals surface area contributed by atoms with E-state index in [-0.39, 0.29) is 5.91 Å². The number of carbonyl (C=O) groups excluding carboxylic acids is 1. The van der Waals surface area contributed by atoms with Crippen LogP contribution in [0.25, 0.3) is 0 Å². The molecule has 1 amide bonds. The molecule has 0 unspecified atom stereocenters. The standard InChI is InChI=1S/C15H14BrClN2O2/c1-2-21-14-6-3-9(7-13(14)18)15(20)19-10-4-5-11(16)12(17)8-10/h3-8H,2,18H2,1H3,(H,19,20). The fraction of sp³-hybridized carbons (Fsp3) is 0.133. The van der Waals surface area contributed by atoms with Gasteiger partial charge in [0.05, 0.1) is 17.3 Å². The molecule has 0 aromatic heterocycles. The lowest BCUT2D eigenvalue weighted by Crippen LogP contribution is -2.12. The Labute approximate surface area is 136 Å². The van der Waals surface area contributed by atoms with Crippen molar-refractivity contribution in [3.8, 4) is 5.75 Å². The van der Waals surface area contributed by atoms with Crippen LogP contribution in [-0.2, 0) is 0 Å². The van der Waals surface area contributed by atoms with Crippen LogP contribution in [0.3, 0.4) is 0 Å². The number of nitrogens with one attached hydrogen (secondary N) is 1. The lowest BCUT2D eigenvalue weighted by Gasteiger charge is -2.10. The summed E-state index contributed by atoms with van der Waals surface area (Å²) in [5.41, 5.74) is 7.34. The third-order valence-electron chi connectivity index (χ3n) is 2.75. The molecule has 0 aliphatic heterocycles. The van der Waals surface area contributed by atoms with E-state index in [9.17, 15) is 4.79 Å². The van der Waals surface area contributed by atoms with Crippen LogP contribution < -0.4 is 15.8 Å². The van der Waals surface area contributed by atoms with Crippen molar-refractivity contribution in [1.29, 1.82) is 0 Å². The third-order valence-corrected chi connectivity index (χ3v) is 3.98. The molecule has 2 rings (SSSR count). The van der Waals surface area contributed by atoms with Gasteiger partial charge < -0.3 is 15.8 Å². The van der Waals surface area contributed by atoms with E-state index in [1.165, 1.54) is 0 Å². The van der Waals surface area contributed by atoms with Crippen molar-refractivity contribution >= 4 is 44.8 Å². The zero-order valence-corrected chi connectivity index (χ0v) is 13.7. The van der Waals surface area contributed by atoms with E-state index in [4.69, 9.17) is 22.1 Å². The summed E-state index contributed by atoms with van der Waals surface area (Å²) < 4.78 is 6.11. The number of anilines is 2. The summed E-state index contributed by atoms with van der Waals surface area (Å²) in [4.78, 5) is 12.2. The van der Waals surface area contributed by atoms with Gasteiger partial charge in [-0.25, -0.2) is 0 Å². The van der Waals surface area contributed by atoms with Gasteiger partial charge in [-0.1, -0.05) is 11.6 Å². The Morgan fingerprint density at radius 1 is 1.33 bits per heavy atom. The second kappa shape index (κ2) is 6.83. The van der Waals surface area contributed by atoms with Crippen molar-refractivity contribution in [3.63, 3.8) is 0 Å². The van der Waals surface area contributed by atoms with Gasteiger partial charge in [0.2, 0.25) is 0 Å². The number of hydrogen-bond acceptors (Lipinski definition) is 3. The predicted molar refractivity (Wildman–Crippen MR) is 89.1 cm³/mol. The Hall–Kier alpha value is -1.72. The monoisotopic (exact) mass is 368 g/mol. The van der Waals surface area contributed by atoms with E-state index >= 15 is 0 Å². The molecule has 2 aromatic rings. The summed E-state index contributed by atoms with van der Waals surface area (Å²) >= 11 is 9.29. The Morgan fingerprint density at radius 3 is 2.71 bits per heavy atom. The summed E-state index contributed by atoms with van der Waals surface area (Å²) in [5.74, 6) is 0.309. The highest BCUT2D eigenvalue weighted by Crippen LogP contribution is 2.26. The summed E-state index contributed by atoms with van der Waals surface area (Å²) in [5, 5.41) is 3.29. The van der Waals surface area contributed by atoms with Gasteiger partial charge in [-0.2, -0.15) is 0 Å². The van der Waals surface area contributed by atoms with Crippen molar-refractivity contribution < 1.29 is 9.53 Å². The quantitative estimate of drug-likeness (QED) is 0.788. The van der Waals surface area contributed by atoms with Crippen molar-refractivity contribution in [2.45, 2.75) is 6.92 Å². The Bertz CT molecular complexity index is 677. The van der Waals surface area contributed by atoms with Crippen LogP contribution in [0.15, 0.2) is 40.9 Å². The molecule has 0 aliphatic carbocycles. The van der Waals surface area contributed by atoms with Crippen LogP contribution in [0.1, 0.15) is 17.3 Å². The molecule has 0 heterocycles. The molecule has 21 heavy (non-hydrogen) atoms. The summed E-state index contributed by atoms with van der Waals surface area (Å²) in [6, 6.07) is 10.1. The van der Waals surface area contributed by atoms with Crippen LogP contribution in [0.4, 0.5) is 11.4 Å². The Kier molecular flexibility index (Phi) is 5.09. The predicted octanol–water partition coefficient (Wildman–Crippen LogP) is 4.34. The van der Waals surface area contributed by atoms with E-state index in [0.29, 0.717) is 34.3 Å². The van der Waals surface area contributed by atoms with Crippen molar-refractivity contribution in [2.24, 2.45) is 0 Å². The maximum absolute atomic E-state index is 12.2. The van der Waals surface area contributed by atoms with Crippen LogP contribution in [0, 0.1) is 0 Å². The summed E-state index contributed by atoms with van der Waals surface area (Å²) in [6.07, 6.45) is 0. The van der Waals surface area contributed by atoms with E-state index < -0.39 is 0 Å². The summed E-state index contributed by atoms with van der Waals surface area (Å²) in [6.45, 7) is 2.39. The van der Waals surface area contributed by atoms with Gasteiger partial charge in [0.25, 0.3) is 5.91 Å². The number of ether oxygens (including phenoxy) is 1. The van der Waals surface area contributed by atoms with Crippen LogP contribution in [0.2, 0.25) is 5.02 Å². The SMILES string of the molecule is CCOc1ccc(C(=O)Nc2ccc(Br)c(Cl)c2)cc1N. The lowest BCUT2D eigenvalue weighted by molar-refractivity contribution is 0.102. The van der Waals surface area contributed by atoms with Crippen LogP contribution in [0.5, 0.6) is 5.75 Å². The molecule has 0 radical (unpaired) electrons. The second-order valence-electron chi connectivity index (χ2n) is 4.27. The smallest absolute Gasteiger partial charge is 0.255 e. The van der Waals surface area contributed by atoms with Crippen molar-refractivity contribution in [3.05, 3.63) is 51.5 Å². The largest absolute Gasteiger partial charge is 0.492 e. The first-order chi connectivity index (χ1) is 10.0. The number of rotatable bonds is 4. The van der Waals surface area contributed by atoms with Gasteiger partial charge in [0.15, 0.2) is 0 Å². The average molecular weight is 370 g/mol. The highest BCUT2D eigenvalue weighted by atomic mass is 79.9. The molecule has 0 atom stereocenters. The van der Waals surface area contributed by atoms with Crippen molar-refractivity contribution in [1.82, 2.24) is 0 Å². The average Bonchev–Trinajstić information content (AvgIpc) is 2.45. The zero-order chi connectivity index (χ0) is 15.4. The summed E-state index contributed by atoms with van der Waals surface area (Å²) in [7, 11) is 0. The molecule has 0 bridgehead atoms. The molecular weight excluding hydrogens is 356 g/mol. The number of nitrogens with two attached hydrogens (primary N) is 1. The van der Waals surface area contributed by atoms with Gasteiger partial charge >= 0.3 is 0 Å². The lowest BCUT2D eigenvalue weighted by atomic mass is 10.1. The van der Waals surface area contributed by atoms with Gasteiger partial charge in [-0.05, 0) is 59.3 Å².